The number of hydrogen-bond acceptors (Lipinski definition) is 4. The fourth-order valence-corrected chi connectivity index (χ4v) is 13.7. The number of fused-ring (bicyclic) bond motifs is 7. The molecule has 5 rings (SSSR count). The number of allylic oxidation sites excluding steroid dienone is 1. The van der Waals surface area contributed by atoms with E-state index in [1.807, 2.05) is 0 Å². The summed E-state index contributed by atoms with van der Waals surface area (Å²) >= 11 is 0. The third kappa shape index (κ3) is 7.19. The Kier molecular flexibility index (Phi) is 12.8. The largest absolute Gasteiger partial charge is 0.462 e. The average molecular weight is 697 g/mol. The maximum absolute atomic E-state index is 13.2. The number of aliphatic hydroxyl groups is 2. The second kappa shape index (κ2) is 15.8. The molecule has 0 amide bonds. The Morgan fingerprint density at radius 3 is 1.92 bits per heavy atom. The molecule has 4 heteroatoms. The minimum Gasteiger partial charge on any atom is -0.462 e. The first-order valence-electron chi connectivity index (χ1n) is 21.9. The maximum Gasteiger partial charge on any atom is 0.306 e. The van der Waals surface area contributed by atoms with Crippen LogP contribution >= 0.6 is 0 Å². The van der Waals surface area contributed by atoms with Gasteiger partial charge in [-0.25, -0.2) is 0 Å². The van der Waals surface area contributed by atoms with Crippen molar-refractivity contribution in [3.63, 3.8) is 0 Å². The van der Waals surface area contributed by atoms with Crippen LogP contribution in [0.2, 0.25) is 0 Å². The summed E-state index contributed by atoms with van der Waals surface area (Å²) in [5.41, 5.74) is 0.906. The Morgan fingerprint density at radius 2 is 1.32 bits per heavy atom. The van der Waals surface area contributed by atoms with Crippen molar-refractivity contribution in [3.8, 4) is 0 Å². The van der Waals surface area contributed by atoms with Gasteiger partial charge in [0.05, 0.1) is 12.2 Å². The van der Waals surface area contributed by atoms with Gasteiger partial charge in [-0.1, -0.05) is 151 Å². The summed E-state index contributed by atoms with van der Waals surface area (Å²) in [6.07, 6.45) is 26.0. The predicted octanol–water partition coefficient (Wildman–Crippen LogP) is 12.0. The number of ether oxygens (including phenoxy) is 1. The van der Waals surface area contributed by atoms with Gasteiger partial charge in [-0.3, -0.25) is 4.79 Å². The maximum atomic E-state index is 13.2. The topological polar surface area (TPSA) is 66.8 Å². The van der Waals surface area contributed by atoms with E-state index in [1.54, 1.807) is 0 Å². The van der Waals surface area contributed by atoms with Crippen LogP contribution in [0.25, 0.3) is 0 Å². The average Bonchev–Trinajstić information content (AvgIpc) is 3.04. The van der Waals surface area contributed by atoms with Crippen LogP contribution in [0.5, 0.6) is 0 Å². The second-order valence-corrected chi connectivity index (χ2v) is 20.3. The Bertz CT molecular complexity index is 1170. The van der Waals surface area contributed by atoms with Gasteiger partial charge in [0.25, 0.3) is 0 Å². The van der Waals surface area contributed by atoms with Crippen LogP contribution in [-0.4, -0.2) is 34.5 Å². The molecule has 0 spiro atoms. The lowest BCUT2D eigenvalue weighted by Crippen LogP contribution is -2.69. The normalized spacial score (nSPS) is 43.5. The van der Waals surface area contributed by atoms with Gasteiger partial charge in [-0.15, -0.1) is 0 Å². The molecule has 0 aromatic carbocycles. The first-order chi connectivity index (χ1) is 23.6. The Hall–Kier alpha value is -0.870. The lowest BCUT2D eigenvalue weighted by Gasteiger charge is -2.72. The van der Waals surface area contributed by atoms with E-state index in [2.05, 4.69) is 68.4 Å². The molecular weight excluding hydrogens is 617 g/mol. The summed E-state index contributed by atoms with van der Waals surface area (Å²) in [7, 11) is 0. The molecule has 0 saturated heterocycles. The van der Waals surface area contributed by atoms with Crippen molar-refractivity contribution in [2.45, 2.75) is 215 Å². The van der Waals surface area contributed by atoms with Crippen molar-refractivity contribution in [1.29, 1.82) is 0 Å². The number of esters is 1. The van der Waals surface area contributed by atoms with Crippen molar-refractivity contribution >= 4 is 5.97 Å². The van der Waals surface area contributed by atoms with Crippen molar-refractivity contribution in [2.75, 3.05) is 0 Å². The van der Waals surface area contributed by atoms with Crippen LogP contribution in [0.1, 0.15) is 197 Å². The van der Waals surface area contributed by atoms with Gasteiger partial charge in [0.15, 0.2) is 0 Å². The van der Waals surface area contributed by atoms with Gasteiger partial charge in [-0.2, -0.15) is 0 Å². The number of unbranched alkanes of at least 4 members (excludes halogenated alkanes) is 12. The second-order valence-electron chi connectivity index (χ2n) is 20.3. The quantitative estimate of drug-likeness (QED) is 0.102. The molecule has 0 aromatic rings. The summed E-state index contributed by atoms with van der Waals surface area (Å²) in [6.45, 7) is 21.5. The molecule has 12 atom stereocenters. The number of aliphatic hydroxyl groups excluding tert-OH is 2. The zero-order valence-electron chi connectivity index (χ0n) is 34.3. The van der Waals surface area contributed by atoms with Gasteiger partial charge in [0.1, 0.15) is 6.10 Å². The van der Waals surface area contributed by atoms with Gasteiger partial charge in [-0.05, 0) is 91.3 Å². The number of carbonyl (C=O) groups is 1. The molecule has 4 fully saturated rings. The van der Waals surface area contributed by atoms with Crippen LogP contribution in [0.4, 0.5) is 0 Å². The number of rotatable bonds is 15. The molecule has 5 aliphatic carbocycles. The van der Waals surface area contributed by atoms with Crippen LogP contribution < -0.4 is 0 Å². The van der Waals surface area contributed by atoms with Crippen molar-refractivity contribution < 1.29 is 19.7 Å². The summed E-state index contributed by atoms with van der Waals surface area (Å²) in [5, 5.41) is 24.3. The molecule has 288 valence electrons. The van der Waals surface area contributed by atoms with Crippen molar-refractivity contribution in [1.82, 2.24) is 0 Å². The Morgan fingerprint density at radius 1 is 0.760 bits per heavy atom. The Balaban J connectivity index is 1.17. The molecule has 2 N–H and O–H groups in total. The fourth-order valence-electron chi connectivity index (χ4n) is 13.7. The summed E-state index contributed by atoms with van der Waals surface area (Å²) in [6, 6.07) is 0. The van der Waals surface area contributed by atoms with E-state index in [9.17, 15) is 15.0 Å². The molecule has 5 aliphatic rings. The zero-order chi connectivity index (χ0) is 36.5. The summed E-state index contributed by atoms with van der Waals surface area (Å²) < 4.78 is 6.36. The molecule has 0 unspecified atom stereocenters. The summed E-state index contributed by atoms with van der Waals surface area (Å²) in [5.74, 6) is 1.93. The third-order valence-corrected chi connectivity index (χ3v) is 17.1. The lowest BCUT2D eigenvalue weighted by atomic mass is 9.32. The standard InChI is InChI=1S/C46H80O4/c1-10-11-12-13-14-15-16-17-18-19-20-21-22-23-39(49)50-38-26-28-43(6)36(42(38,4)5)25-29-45(8)41(43)35(47)30-34-40-33(3)32(2)24-27-44(40,7)37(48)31-46(34,45)9/h30,32-33,35-38,40-41,47-48H,10-29,31H2,1-9H3/t32-,33+,35+,36+,37+,38+,40+,41-,43+,44-,45-,46-/m1/s1. The van der Waals surface area contributed by atoms with Gasteiger partial charge in [0.2, 0.25) is 0 Å². The fraction of sp³-hybridized carbons (Fsp3) is 0.935. The SMILES string of the molecule is CCCCCCCCCCCCCCCC(=O)O[C@H]1CC[C@]2(C)[C@H]3[C@@H](O)C=C4[C@@H]5[C@@H](C)[C@H](C)CC[C@]5(C)[C@@H](O)C[C@@]4(C)[C@]3(C)CC[C@H]2C1(C)C. The highest BCUT2D eigenvalue weighted by Crippen LogP contribution is 2.75. The van der Waals surface area contributed by atoms with E-state index in [0.29, 0.717) is 30.1 Å². The van der Waals surface area contributed by atoms with Gasteiger partial charge < -0.3 is 14.9 Å². The smallest absolute Gasteiger partial charge is 0.306 e. The molecule has 0 aliphatic heterocycles. The number of hydrogen-bond donors (Lipinski definition) is 2. The highest BCUT2D eigenvalue weighted by atomic mass is 16.5. The molecule has 4 saturated carbocycles. The summed E-state index contributed by atoms with van der Waals surface area (Å²) in [4.78, 5) is 13.2. The van der Waals surface area contributed by atoms with Crippen molar-refractivity contribution in [3.05, 3.63) is 11.6 Å². The van der Waals surface area contributed by atoms with E-state index >= 15 is 0 Å². The monoisotopic (exact) mass is 697 g/mol. The first-order valence-corrected chi connectivity index (χ1v) is 21.9. The molecule has 50 heavy (non-hydrogen) atoms. The van der Waals surface area contributed by atoms with Crippen molar-refractivity contribution in [2.24, 2.45) is 56.7 Å². The van der Waals surface area contributed by atoms with Crippen LogP contribution in [-0.2, 0) is 9.53 Å². The van der Waals surface area contributed by atoms with E-state index in [-0.39, 0.29) is 51.2 Å². The predicted molar refractivity (Wildman–Crippen MR) is 208 cm³/mol. The minimum absolute atomic E-state index is 0.0109. The van der Waals surface area contributed by atoms with Crippen LogP contribution in [0.3, 0.4) is 0 Å². The van der Waals surface area contributed by atoms with Crippen LogP contribution in [0.15, 0.2) is 11.6 Å². The third-order valence-electron chi connectivity index (χ3n) is 17.1. The molecule has 0 bridgehead atoms. The van der Waals surface area contributed by atoms with E-state index in [1.165, 1.54) is 82.6 Å². The first kappa shape index (κ1) is 40.3. The van der Waals surface area contributed by atoms with Gasteiger partial charge >= 0.3 is 5.97 Å². The molecule has 0 radical (unpaired) electrons. The van der Waals surface area contributed by atoms with Gasteiger partial charge in [0, 0.05) is 23.2 Å². The molecule has 0 aromatic heterocycles. The number of carbonyl (C=O) groups excluding carboxylic acids is 1. The lowest BCUT2D eigenvalue weighted by molar-refractivity contribution is -0.238. The molecule has 4 nitrogen and oxygen atoms in total. The molecule has 0 heterocycles. The van der Waals surface area contributed by atoms with E-state index in [0.717, 1.165) is 51.4 Å². The highest BCUT2D eigenvalue weighted by molar-refractivity contribution is 5.69. The van der Waals surface area contributed by atoms with E-state index in [4.69, 9.17) is 4.74 Å². The van der Waals surface area contributed by atoms with E-state index < -0.39 is 6.10 Å². The Labute approximate surface area is 308 Å². The molecular formula is C46H80O4. The van der Waals surface area contributed by atoms with Crippen LogP contribution in [0, 0.1) is 56.7 Å². The minimum atomic E-state index is -0.481. The highest BCUT2D eigenvalue weighted by Gasteiger charge is 2.71. The zero-order valence-corrected chi connectivity index (χ0v) is 34.3.